The maximum absolute atomic E-state index is 11.1. The van der Waals surface area contributed by atoms with Gasteiger partial charge in [0.2, 0.25) is 0 Å². The summed E-state index contributed by atoms with van der Waals surface area (Å²) in [5, 5.41) is 14.4. The number of hydrogen-bond acceptors (Lipinski definition) is 2. The predicted octanol–water partition coefficient (Wildman–Crippen LogP) is 7.48. The molecular formula is C24H40N2O2. The van der Waals surface area contributed by atoms with Crippen LogP contribution in [-0.2, 0) is 0 Å². The summed E-state index contributed by atoms with van der Waals surface area (Å²) >= 11 is 0. The molecule has 0 heterocycles. The van der Waals surface area contributed by atoms with Crippen LogP contribution in [-0.4, -0.2) is 29.0 Å². The number of carbonyl (C=O) groups is 1. The molecule has 0 aromatic heterocycles. The number of amides is 1. The number of unbranched alkanes of at least 4 members (excludes halogenated alkanes) is 12. The molecule has 0 fully saturated rings. The summed E-state index contributed by atoms with van der Waals surface area (Å²) in [6.07, 6.45) is 17.0. The molecule has 4 nitrogen and oxygen atoms in total. The van der Waals surface area contributed by atoms with Crippen molar-refractivity contribution < 1.29 is 9.90 Å². The van der Waals surface area contributed by atoms with Crippen LogP contribution < -0.4 is 0 Å². The summed E-state index contributed by atoms with van der Waals surface area (Å²) in [6, 6.07) is 9.89. The van der Waals surface area contributed by atoms with Crippen LogP contribution in [0.15, 0.2) is 35.4 Å². The zero-order valence-corrected chi connectivity index (χ0v) is 18.0. The Hall–Kier alpha value is -1.84. The molecule has 1 N–H and O–H groups in total. The van der Waals surface area contributed by atoms with Crippen molar-refractivity contribution in [3.05, 3.63) is 35.9 Å². The van der Waals surface area contributed by atoms with Gasteiger partial charge in [0, 0.05) is 7.05 Å². The minimum absolute atomic E-state index is 0.819. The molecule has 158 valence electrons. The fraction of sp³-hybridized carbons (Fsp3) is 0.667. The molecule has 1 aromatic carbocycles. The number of carboxylic acid groups (broad SMARTS) is 1. The quantitative estimate of drug-likeness (QED) is 0.181. The Morgan fingerprint density at radius 1 is 0.821 bits per heavy atom. The average Bonchev–Trinajstić information content (AvgIpc) is 2.71. The molecule has 28 heavy (non-hydrogen) atoms. The third kappa shape index (κ3) is 11.8. The van der Waals surface area contributed by atoms with Crippen LogP contribution in [0.5, 0.6) is 0 Å². The molecule has 0 atom stereocenters. The van der Waals surface area contributed by atoms with Crippen molar-refractivity contribution in [2.45, 2.75) is 96.8 Å². The predicted molar refractivity (Wildman–Crippen MR) is 119 cm³/mol. The van der Waals surface area contributed by atoms with Gasteiger partial charge in [-0.15, -0.1) is 0 Å². The number of nitrogens with zero attached hydrogens (tertiary/aromatic N) is 2. The maximum atomic E-state index is 11.1. The van der Waals surface area contributed by atoms with Crippen LogP contribution in [0.25, 0.3) is 0 Å². The van der Waals surface area contributed by atoms with E-state index >= 15 is 0 Å². The van der Waals surface area contributed by atoms with Crippen LogP contribution in [0.2, 0.25) is 0 Å². The lowest BCUT2D eigenvalue weighted by Crippen LogP contribution is -2.21. The van der Waals surface area contributed by atoms with Gasteiger partial charge < -0.3 is 5.11 Å². The van der Waals surface area contributed by atoms with Crippen molar-refractivity contribution in [1.29, 1.82) is 0 Å². The summed E-state index contributed by atoms with van der Waals surface area (Å²) in [4.78, 5) is 11.1. The molecule has 1 aromatic rings. The fourth-order valence-electron chi connectivity index (χ4n) is 3.42. The summed E-state index contributed by atoms with van der Waals surface area (Å²) in [5.41, 5.74) is 1.86. The maximum Gasteiger partial charge on any atom is 0.427 e. The third-order valence-electron chi connectivity index (χ3n) is 5.17. The van der Waals surface area contributed by atoms with Gasteiger partial charge in [-0.2, -0.15) is 5.10 Å². The zero-order valence-electron chi connectivity index (χ0n) is 18.0. The Kier molecular flexibility index (Phi) is 14.0. The Balaban J connectivity index is 2.16. The van der Waals surface area contributed by atoms with Gasteiger partial charge in [-0.25, -0.2) is 9.80 Å². The van der Waals surface area contributed by atoms with Gasteiger partial charge >= 0.3 is 6.09 Å². The number of hydrazone groups is 1. The van der Waals surface area contributed by atoms with E-state index in [0.717, 1.165) is 29.1 Å². The molecule has 0 spiro atoms. The van der Waals surface area contributed by atoms with Gasteiger partial charge in [-0.3, -0.25) is 0 Å². The molecule has 0 aliphatic carbocycles. The first-order valence-electron chi connectivity index (χ1n) is 11.2. The highest BCUT2D eigenvalue weighted by atomic mass is 16.4. The van der Waals surface area contributed by atoms with Crippen molar-refractivity contribution in [3.63, 3.8) is 0 Å². The van der Waals surface area contributed by atoms with E-state index in [0.29, 0.717) is 0 Å². The van der Waals surface area contributed by atoms with E-state index in [-0.39, 0.29) is 0 Å². The van der Waals surface area contributed by atoms with Gasteiger partial charge in [0.15, 0.2) is 0 Å². The number of rotatable bonds is 16. The second kappa shape index (κ2) is 16.1. The lowest BCUT2D eigenvalue weighted by molar-refractivity contribution is 0.157. The lowest BCUT2D eigenvalue weighted by atomic mass is 10.0. The summed E-state index contributed by atoms with van der Waals surface area (Å²) in [5.74, 6) is 0. The first-order valence-corrected chi connectivity index (χ1v) is 11.2. The monoisotopic (exact) mass is 388 g/mol. The molecule has 1 amide bonds. The summed E-state index contributed by atoms with van der Waals surface area (Å²) in [7, 11) is 1.48. The van der Waals surface area contributed by atoms with Crippen LogP contribution >= 0.6 is 0 Å². The molecule has 0 unspecified atom stereocenters. The van der Waals surface area contributed by atoms with Crippen molar-refractivity contribution in [2.75, 3.05) is 7.05 Å². The standard InChI is InChI=1S/C24H40N2O2/c1-3-4-5-6-7-8-9-10-11-12-13-14-18-21-23(25-26(2)24(27)28)22-19-16-15-17-20-22/h15-17,19-20H,3-14,18,21H2,1-2H3,(H,27,28). The van der Waals surface area contributed by atoms with E-state index in [9.17, 15) is 4.79 Å². The van der Waals surface area contributed by atoms with E-state index in [2.05, 4.69) is 12.0 Å². The average molecular weight is 389 g/mol. The third-order valence-corrected chi connectivity index (χ3v) is 5.17. The topological polar surface area (TPSA) is 52.9 Å². The Bertz CT molecular complexity index is 543. The van der Waals surface area contributed by atoms with Crippen LogP contribution in [0.3, 0.4) is 0 Å². The van der Waals surface area contributed by atoms with Crippen LogP contribution in [0, 0.1) is 0 Å². The second-order valence-electron chi connectivity index (χ2n) is 7.71. The van der Waals surface area contributed by atoms with Crippen molar-refractivity contribution in [3.8, 4) is 0 Å². The number of benzene rings is 1. The highest BCUT2D eigenvalue weighted by Crippen LogP contribution is 2.15. The van der Waals surface area contributed by atoms with E-state index in [4.69, 9.17) is 5.11 Å². The van der Waals surface area contributed by atoms with E-state index in [1.807, 2.05) is 30.3 Å². The Labute approximate surface area is 172 Å². The molecular weight excluding hydrogens is 348 g/mol. The molecule has 1 rings (SSSR count). The largest absolute Gasteiger partial charge is 0.464 e. The normalized spacial score (nSPS) is 11.6. The molecule has 0 radical (unpaired) electrons. The van der Waals surface area contributed by atoms with Crippen molar-refractivity contribution >= 4 is 11.8 Å². The smallest absolute Gasteiger partial charge is 0.427 e. The fourth-order valence-corrected chi connectivity index (χ4v) is 3.42. The minimum atomic E-state index is -1.03. The van der Waals surface area contributed by atoms with E-state index < -0.39 is 6.09 Å². The molecule has 0 saturated heterocycles. The first kappa shape index (κ1) is 24.2. The van der Waals surface area contributed by atoms with Crippen LogP contribution in [0.4, 0.5) is 4.79 Å². The lowest BCUT2D eigenvalue weighted by Gasteiger charge is -2.11. The van der Waals surface area contributed by atoms with Gasteiger partial charge in [0.05, 0.1) is 5.71 Å². The number of hydrogen-bond donors (Lipinski definition) is 1. The SMILES string of the molecule is CCCCCCCCCCCCCCCC(=NN(C)C(=O)O)c1ccccc1. The van der Waals surface area contributed by atoms with Gasteiger partial charge in [-0.1, -0.05) is 114 Å². The molecule has 0 bridgehead atoms. The first-order chi connectivity index (χ1) is 13.6. The Morgan fingerprint density at radius 2 is 1.29 bits per heavy atom. The molecule has 4 heteroatoms. The van der Waals surface area contributed by atoms with Crippen molar-refractivity contribution in [1.82, 2.24) is 5.01 Å². The molecule has 0 aliphatic heterocycles. The highest BCUT2D eigenvalue weighted by Gasteiger charge is 2.08. The zero-order chi connectivity index (χ0) is 20.5. The van der Waals surface area contributed by atoms with Gasteiger partial charge in [0.25, 0.3) is 0 Å². The second-order valence-corrected chi connectivity index (χ2v) is 7.71. The molecule has 0 aliphatic rings. The van der Waals surface area contributed by atoms with E-state index in [1.54, 1.807) is 0 Å². The van der Waals surface area contributed by atoms with Crippen LogP contribution in [0.1, 0.15) is 102 Å². The summed E-state index contributed by atoms with van der Waals surface area (Å²) in [6.45, 7) is 2.27. The van der Waals surface area contributed by atoms with Gasteiger partial charge in [-0.05, 0) is 18.4 Å². The minimum Gasteiger partial charge on any atom is -0.464 e. The summed E-state index contributed by atoms with van der Waals surface area (Å²) < 4.78 is 0. The van der Waals surface area contributed by atoms with E-state index in [1.165, 1.54) is 84.1 Å². The van der Waals surface area contributed by atoms with Crippen molar-refractivity contribution in [2.24, 2.45) is 5.10 Å². The van der Waals surface area contributed by atoms with Gasteiger partial charge in [0.1, 0.15) is 0 Å². The molecule has 0 saturated carbocycles. The Morgan fingerprint density at radius 3 is 1.75 bits per heavy atom. The highest BCUT2D eigenvalue weighted by molar-refractivity contribution is 6.00.